The van der Waals surface area contributed by atoms with Crippen LogP contribution in [0.5, 0.6) is 11.5 Å². The molecular weight excluding hydrogens is 969 g/mol. The van der Waals surface area contributed by atoms with Crippen LogP contribution in [0.4, 0.5) is 21.0 Å². The molecule has 4 rings (SSSR count). The van der Waals surface area contributed by atoms with Gasteiger partial charge < -0.3 is 76.1 Å². The number of carbonyl (C=O) groups excluding carboxylic acids is 4. The lowest BCUT2D eigenvalue weighted by atomic mass is 9.86. The molecule has 2 aromatic carbocycles. The van der Waals surface area contributed by atoms with Gasteiger partial charge in [-0.3, -0.25) is 9.59 Å². The predicted octanol–water partition coefficient (Wildman–Crippen LogP) is 7.64. The summed E-state index contributed by atoms with van der Waals surface area (Å²) >= 11 is 0. The second kappa shape index (κ2) is 30.7. The molecule has 2 aromatic rings. The lowest BCUT2D eigenvalue weighted by molar-refractivity contribution is -0.113. The second-order valence-corrected chi connectivity index (χ2v) is 20.1. The van der Waals surface area contributed by atoms with Gasteiger partial charge in [-0.1, -0.05) is 52.0 Å². The number of amides is 4. The molecule has 0 spiro atoms. The fourth-order valence-corrected chi connectivity index (χ4v) is 9.62. The minimum Gasteiger partial charge on any atom is -0.508 e. The smallest absolute Gasteiger partial charge is 0.405 e. The first-order valence-corrected chi connectivity index (χ1v) is 25.4. The summed E-state index contributed by atoms with van der Waals surface area (Å²) < 4.78 is 33.3. The van der Waals surface area contributed by atoms with E-state index >= 15 is 0 Å². The molecule has 13 atom stereocenters. The molecule has 0 saturated carbocycles. The van der Waals surface area contributed by atoms with Crippen molar-refractivity contribution >= 4 is 35.4 Å². The van der Waals surface area contributed by atoms with Gasteiger partial charge in [0.05, 0.1) is 42.7 Å². The van der Waals surface area contributed by atoms with E-state index in [9.17, 15) is 44.7 Å². The summed E-state index contributed by atoms with van der Waals surface area (Å²) in [6, 6.07) is 9.48. The van der Waals surface area contributed by atoms with Gasteiger partial charge in [-0.2, -0.15) is 0 Å². The van der Waals surface area contributed by atoms with Gasteiger partial charge in [-0.25, -0.2) is 9.59 Å². The number of aromatic hydroxyl groups is 2. The maximum Gasteiger partial charge on any atom is 0.405 e. The van der Waals surface area contributed by atoms with Crippen LogP contribution in [0.15, 0.2) is 83.0 Å². The minimum atomic E-state index is -0.996. The van der Waals surface area contributed by atoms with Crippen LogP contribution in [0.2, 0.25) is 0 Å². The summed E-state index contributed by atoms with van der Waals surface area (Å²) in [5.41, 5.74) is 15.1. The van der Waals surface area contributed by atoms with Crippen molar-refractivity contribution in [3.8, 4) is 11.5 Å². The molecule has 2 heterocycles. The summed E-state index contributed by atoms with van der Waals surface area (Å²) in [5, 5.41) is 59.3. The highest BCUT2D eigenvalue weighted by Crippen LogP contribution is 2.34. The first-order chi connectivity index (χ1) is 35.3. The number of benzene rings is 2. The molecule has 11 N–H and O–H groups in total. The predicted molar refractivity (Wildman–Crippen MR) is 286 cm³/mol. The molecule has 2 aliphatic rings. The Kier molecular flexibility index (Phi) is 26.0. The van der Waals surface area contributed by atoms with Crippen molar-refractivity contribution in [3.05, 3.63) is 94.1 Å². The zero-order valence-corrected chi connectivity index (χ0v) is 45.7. The Balaban J connectivity index is 0.000000395. The highest BCUT2D eigenvalue weighted by Gasteiger charge is 2.33. The number of rotatable bonds is 6. The van der Waals surface area contributed by atoms with Crippen molar-refractivity contribution in [2.45, 2.75) is 155 Å². The zero-order valence-electron chi connectivity index (χ0n) is 45.7. The van der Waals surface area contributed by atoms with Crippen LogP contribution >= 0.6 is 0 Å². The quantitative estimate of drug-likeness (QED) is 0.126. The molecule has 418 valence electrons. The van der Waals surface area contributed by atoms with Crippen molar-refractivity contribution in [1.82, 2.24) is 0 Å². The number of allylic oxidation sites excluding steroid dienone is 2. The molecule has 75 heavy (non-hydrogen) atoms. The monoisotopic (exact) mass is 1050 g/mol. The molecule has 0 unspecified atom stereocenters. The van der Waals surface area contributed by atoms with E-state index in [0.29, 0.717) is 84.2 Å². The number of anilines is 2. The molecule has 0 aromatic heterocycles. The Labute approximate surface area is 442 Å². The number of ether oxygens (including phenoxy) is 6. The number of phenolic OH excluding ortho intramolecular Hbond substituents is 2. The number of nitrogens with two attached hydrogens (primary N) is 2. The zero-order chi connectivity index (χ0) is 56.3. The van der Waals surface area contributed by atoms with Crippen LogP contribution in [-0.4, -0.2) is 127 Å². The maximum absolute atomic E-state index is 12.8. The first-order valence-electron chi connectivity index (χ1n) is 25.4. The Hall–Kier alpha value is -5.80. The van der Waals surface area contributed by atoms with E-state index < -0.39 is 73.0 Å². The first kappa shape index (κ1) is 63.5. The van der Waals surface area contributed by atoms with Crippen LogP contribution < -0.4 is 22.1 Å². The molecule has 4 bridgehead atoms. The van der Waals surface area contributed by atoms with Crippen LogP contribution in [0, 0.1) is 23.7 Å². The van der Waals surface area contributed by atoms with Crippen molar-refractivity contribution in [3.63, 3.8) is 0 Å². The number of phenols is 2. The maximum atomic E-state index is 12.8. The number of aliphatic hydroxyl groups excluding tert-OH is 3. The number of primary amides is 2. The molecule has 0 fully saturated rings. The van der Waals surface area contributed by atoms with Crippen LogP contribution in [0.25, 0.3) is 0 Å². The molecule has 19 nitrogen and oxygen atoms in total. The number of methoxy groups -OCH3 is 4. The summed E-state index contributed by atoms with van der Waals surface area (Å²) in [5.74, 6) is -1.67. The number of hydrogen-bond acceptors (Lipinski definition) is 15. The van der Waals surface area contributed by atoms with Crippen molar-refractivity contribution in [1.29, 1.82) is 0 Å². The second-order valence-electron chi connectivity index (χ2n) is 20.1. The van der Waals surface area contributed by atoms with E-state index in [0.717, 1.165) is 5.56 Å². The van der Waals surface area contributed by atoms with Crippen LogP contribution in [-0.2, 0) is 44.4 Å². The molecule has 0 aliphatic carbocycles. The van der Waals surface area contributed by atoms with Crippen LogP contribution in [0.3, 0.4) is 0 Å². The molecule has 2 aliphatic heterocycles. The summed E-state index contributed by atoms with van der Waals surface area (Å²) in [6.07, 6.45) is 2.11. The third kappa shape index (κ3) is 20.0. The summed E-state index contributed by atoms with van der Waals surface area (Å²) in [4.78, 5) is 48.9. The largest absolute Gasteiger partial charge is 0.508 e. The normalized spacial score (nSPS) is 32.1. The van der Waals surface area contributed by atoms with Gasteiger partial charge in [-0.15, -0.1) is 0 Å². The molecule has 0 saturated heterocycles. The Morgan fingerprint density at radius 2 is 1.00 bits per heavy atom. The minimum absolute atomic E-state index is 0.0634. The van der Waals surface area contributed by atoms with Gasteiger partial charge >= 0.3 is 12.2 Å². The average molecular weight is 1050 g/mol. The average Bonchev–Trinajstić information content (AvgIpc) is 3.34. The van der Waals surface area contributed by atoms with E-state index in [-0.39, 0.29) is 41.1 Å². The summed E-state index contributed by atoms with van der Waals surface area (Å²) in [6.45, 7) is 14.5. The van der Waals surface area contributed by atoms with E-state index in [1.54, 1.807) is 58.2 Å². The standard InChI is InChI=1S/C28H42N2O8.C28H42N2O7/c1-15-8-7-9-22(36-5)26(38-28(29)35)18(4)10-16(2)25(33)23(37-6)11-17(3)24(32)19-12-20(30-27(15)34)14-21(31)13-19;1-16-10-20-13-21(15-22(31)14-20)30-27(33)17(2)8-7-9-23(35-5)26(37-28(29)34)19(4)12-18(3)25(32)24(11-16)36-6/h8,10,12-14,16-17,22-26,31-33H,7,9,11H2,1-6H3,(H2,29,35)(H,30,34);8,12-16,18,23-26,31-32H,7,9-11H2,1-6H3,(H2,29,34)(H,30,33)/b15-8+,18-10+;17-8+,19-12+/t16-,17-,22-,23-,24+,25+,26-;16-,18+,23+,24+,25-,26+/m01/s1. The number of hydrogen-bond donors (Lipinski definition) is 9. The van der Waals surface area contributed by atoms with Gasteiger partial charge in [0.1, 0.15) is 11.5 Å². The van der Waals surface area contributed by atoms with Gasteiger partial charge in [0, 0.05) is 74.9 Å². The van der Waals surface area contributed by atoms with Gasteiger partial charge in [0.25, 0.3) is 11.8 Å². The van der Waals surface area contributed by atoms with Crippen molar-refractivity contribution in [2.75, 3.05) is 39.1 Å². The van der Waals surface area contributed by atoms with E-state index in [1.807, 2.05) is 46.8 Å². The number of aliphatic hydroxyl groups is 3. The fraction of sp³-hybridized carbons (Fsp3) is 0.571. The Morgan fingerprint density at radius 3 is 1.43 bits per heavy atom. The lowest BCUT2D eigenvalue weighted by Gasteiger charge is -2.31. The Morgan fingerprint density at radius 1 is 0.587 bits per heavy atom. The fourth-order valence-electron chi connectivity index (χ4n) is 9.62. The van der Waals surface area contributed by atoms with Gasteiger partial charge in [0.2, 0.25) is 0 Å². The highest BCUT2D eigenvalue weighted by molar-refractivity contribution is 6.04. The molecule has 4 amide bonds. The third-order valence-electron chi connectivity index (χ3n) is 13.8. The van der Waals surface area contributed by atoms with E-state index in [4.69, 9.17) is 39.9 Å². The third-order valence-corrected chi connectivity index (χ3v) is 13.8. The molecular formula is C56H84N4O15. The summed E-state index contributed by atoms with van der Waals surface area (Å²) in [7, 11) is 6.08. The molecule has 0 radical (unpaired) electrons. The van der Waals surface area contributed by atoms with Crippen molar-refractivity contribution in [2.24, 2.45) is 35.1 Å². The SMILES string of the molecule is CO[C@H]1C[C@H](C)Cc2cc(O)cc(c2)NC(=O)/C(C)=C/CC[C@H](OC)[C@@H](OC(N)=O)/C(C)=C/[C@H](C)[C@H]1O.CO[C@H]1C[C@H](C)[C@@H](O)c2cc(O)cc(c2)NC(=O)/C(C)=C/CC[C@H](OC)[C@@H](OC(N)=O)/C(C)=C/[C@H](C)[C@H]1O. The van der Waals surface area contributed by atoms with Crippen molar-refractivity contribution < 1.29 is 73.1 Å². The van der Waals surface area contributed by atoms with E-state index in [2.05, 4.69) is 10.6 Å². The van der Waals surface area contributed by atoms with Gasteiger partial charge in [0.15, 0.2) is 12.2 Å². The highest BCUT2D eigenvalue weighted by atomic mass is 16.6. The lowest BCUT2D eigenvalue weighted by Crippen LogP contribution is -2.38. The Bertz CT molecular complexity index is 2330. The number of nitrogens with one attached hydrogen (secondary N) is 2. The van der Waals surface area contributed by atoms with Gasteiger partial charge in [-0.05, 0) is 131 Å². The van der Waals surface area contributed by atoms with E-state index in [1.165, 1.54) is 39.5 Å². The number of fused-ring (bicyclic) bond motifs is 4. The van der Waals surface area contributed by atoms with Crippen LogP contribution in [0.1, 0.15) is 111 Å². The topological polar surface area (TPSA) is 301 Å². The number of carbonyl (C=O) groups is 4. The molecule has 19 heteroatoms.